The molecule has 0 unspecified atom stereocenters. The van der Waals surface area contributed by atoms with Crippen molar-refractivity contribution in [2.45, 2.75) is 12.3 Å². The summed E-state index contributed by atoms with van der Waals surface area (Å²) >= 11 is 1.54. The van der Waals surface area contributed by atoms with Gasteiger partial charge in [-0.05, 0) is 23.8 Å². The fraction of sp³-hybridized carbons (Fsp3) is 0.136. The van der Waals surface area contributed by atoms with Crippen molar-refractivity contribution < 1.29 is 13.9 Å². The molecule has 134 valence electrons. The molecule has 2 aromatic carbocycles. The van der Waals surface area contributed by atoms with Gasteiger partial charge in [0.15, 0.2) is 0 Å². The summed E-state index contributed by atoms with van der Waals surface area (Å²) in [5.41, 5.74) is 2.94. The fourth-order valence-electron chi connectivity index (χ4n) is 3.30. The molecule has 0 aliphatic carbocycles. The van der Waals surface area contributed by atoms with E-state index in [0.717, 1.165) is 16.0 Å². The zero-order valence-corrected chi connectivity index (χ0v) is 15.2. The van der Waals surface area contributed by atoms with Gasteiger partial charge in [0.2, 0.25) is 5.91 Å². The van der Waals surface area contributed by atoms with Crippen LogP contribution in [0.1, 0.15) is 22.8 Å². The molecule has 1 aliphatic rings. The highest BCUT2D eigenvalue weighted by Gasteiger charge is 2.30. The molecule has 0 spiro atoms. The Bertz CT molecular complexity index is 1030. The highest BCUT2D eigenvalue weighted by molar-refractivity contribution is 7.11. The third-order valence-electron chi connectivity index (χ3n) is 4.56. The van der Waals surface area contributed by atoms with Gasteiger partial charge in [-0.25, -0.2) is 4.39 Å². The van der Waals surface area contributed by atoms with Crippen molar-refractivity contribution in [2.75, 3.05) is 11.9 Å². The highest BCUT2D eigenvalue weighted by Crippen LogP contribution is 2.47. The molecule has 5 heteroatoms. The van der Waals surface area contributed by atoms with Crippen molar-refractivity contribution in [2.24, 2.45) is 0 Å². The number of hydrogen-bond donors (Lipinski definition) is 1. The summed E-state index contributed by atoms with van der Waals surface area (Å²) in [4.78, 5) is 13.4. The normalized spacial score (nSPS) is 15.6. The number of terminal acetylenes is 1. The predicted molar refractivity (Wildman–Crippen MR) is 106 cm³/mol. The Balaban J connectivity index is 1.71. The van der Waals surface area contributed by atoms with E-state index in [2.05, 4.69) is 11.2 Å². The molecule has 4 rings (SSSR count). The maximum atomic E-state index is 14.3. The summed E-state index contributed by atoms with van der Waals surface area (Å²) in [6.45, 7) is 0.215. The van der Waals surface area contributed by atoms with E-state index in [1.165, 1.54) is 17.4 Å². The van der Waals surface area contributed by atoms with E-state index in [1.807, 2.05) is 29.6 Å². The van der Waals surface area contributed by atoms with Crippen molar-refractivity contribution in [1.82, 2.24) is 0 Å². The smallest absolute Gasteiger partial charge is 0.225 e. The number of thiophene rings is 1. The molecule has 0 fully saturated rings. The first kappa shape index (κ1) is 17.3. The van der Waals surface area contributed by atoms with Crippen LogP contribution in [0.25, 0.3) is 11.1 Å². The van der Waals surface area contributed by atoms with Crippen LogP contribution in [0.3, 0.4) is 0 Å². The minimum atomic E-state index is -0.301. The maximum Gasteiger partial charge on any atom is 0.225 e. The first-order valence-corrected chi connectivity index (χ1v) is 9.37. The van der Waals surface area contributed by atoms with Crippen LogP contribution in [-0.2, 0) is 4.79 Å². The number of ether oxygens (including phenoxy) is 1. The molecular weight excluding hydrogens is 361 g/mol. The summed E-state index contributed by atoms with van der Waals surface area (Å²) < 4.78 is 19.7. The number of amides is 1. The molecule has 3 nitrogen and oxygen atoms in total. The zero-order chi connectivity index (χ0) is 18.8. The summed E-state index contributed by atoms with van der Waals surface area (Å²) in [7, 11) is 0. The number of hydrogen-bond acceptors (Lipinski definition) is 3. The predicted octanol–water partition coefficient (Wildman–Crippen LogP) is 5.04. The molecule has 27 heavy (non-hydrogen) atoms. The lowest BCUT2D eigenvalue weighted by Crippen LogP contribution is -2.22. The molecule has 0 bridgehead atoms. The first-order chi connectivity index (χ1) is 13.2. The van der Waals surface area contributed by atoms with E-state index in [4.69, 9.17) is 11.2 Å². The van der Waals surface area contributed by atoms with Gasteiger partial charge in [0.1, 0.15) is 18.2 Å². The minimum Gasteiger partial charge on any atom is -0.481 e. The fourth-order valence-corrected chi connectivity index (χ4v) is 4.45. The maximum absolute atomic E-state index is 14.3. The lowest BCUT2D eigenvalue weighted by atomic mass is 9.89. The van der Waals surface area contributed by atoms with Crippen LogP contribution in [0, 0.1) is 18.2 Å². The van der Waals surface area contributed by atoms with Crippen LogP contribution < -0.4 is 10.1 Å². The van der Waals surface area contributed by atoms with Gasteiger partial charge in [-0.1, -0.05) is 36.3 Å². The van der Waals surface area contributed by atoms with Gasteiger partial charge < -0.3 is 10.1 Å². The monoisotopic (exact) mass is 377 g/mol. The number of anilines is 1. The summed E-state index contributed by atoms with van der Waals surface area (Å²) in [6.07, 6.45) is 5.56. The molecular formula is C22H16FNO2S. The van der Waals surface area contributed by atoms with E-state index in [9.17, 15) is 9.18 Å². The lowest BCUT2D eigenvalue weighted by molar-refractivity contribution is -0.116. The van der Waals surface area contributed by atoms with Crippen LogP contribution in [0.4, 0.5) is 10.1 Å². The Morgan fingerprint density at radius 3 is 2.70 bits per heavy atom. The van der Waals surface area contributed by atoms with Crippen LogP contribution in [-0.4, -0.2) is 12.5 Å². The van der Waals surface area contributed by atoms with Gasteiger partial charge in [-0.3, -0.25) is 4.79 Å². The quantitative estimate of drug-likeness (QED) is 0.647. The van der Waals surface area contributed by atoms with Crippen LogP contribution >= 0.6 is 11.3 Å². The number of halogens is 1. The standard InChI is InChI=1S/C22H16FNO2S/c1-2-11-26-15-9-7-14(8-10-15)17-12-20(25)24-21-18(13-27-22(17)21)16-5-3-4-6-19(16)23/h1,3-10,13,17H,11-12H2,(H,24,25)/t17-/m1/s1. The van der Waals surface area contributed by atoms with Gasteiger partial charge in [0.25, 0.3) is 0 Å². The zero-order valence-electron chi connectivity index (χ0n) is 14.4. The first-order valence-electron chi connectivity index (χ1n) is 8.49. The molecule has 1 N–H and O–H groups in total. The van der Waals surface area contributed by atoms with E-state index in [-0.39, 0.29) is 24.2 Å². The lowest BCUT2D eigenvalue weighted by Gasteiger charge is -2.24. The highest BCUT2D eigenvalue weighted by atomic mass is 32.1. The topological polar surface area (TPSA) is 38.3 Å². The number of benzene rings is 2. The van der Waals surface area contributed by atoms with Crippen molar-refractivity contribution in [3.05, 3.63) is 70.2 Å². The van der Waals surface area contributed by atoms with E-state index in [1.54, 1.807) is 18.2 Å². The van der Waals surface area contributed by atoms with Gasteiger partial charge in [0.05, 0.1) is 5.69 Å². The second-order valence-corrected chi connectivity index (χ2v) is 7.15. The third-order valence-corrected chi connectivity index (χ3v) is 5.65. The summed E-state index contributed by atoms with van der Waals surface area (Å²) in [6, 6.07) is 14.2. The molecule has 3 aromatic rings. The Labute approximate surface area is 160 Å². The van der Waals surface area contributed by atoms with Gasteiger partial charge >= 0.3 is 0 Å². The molecule has 1 amide bonds. The van der Waals surface area contributed by atoms with Gasteiger partial charge in [-0.15, -0.1) is 17.8 Å². The van der Waals surface area contributed by atoms with Crippen LogP contribution in [0.2, 0.25) is 0 Å². The van der Waals surface area contributed by atoms with Crippen molar-refractivity contribution >= 4 is 22.9 Å². The Kier molecular flexibility index (Phi) is 4.66. The molecule has 1 aromatic heterocycles. The molecule has 0 radical (unpaired) electrons. The van der Waals surface area contributed by atoms with E-state index in [0.29, 0.717) is 23.4 Å². The van der Waals surface area contributed by atoms with Crippen LogP contribution in [0.15, 0.2) is 53.9 Å². The molecule has 0 saturated carbocycles. The second kappa shape index (κ2) is 7.26. The third kappa shape index (κ3) is 3.32. The summed E-state index contributed by atoms with van der Waals surface area (Å²) in [5, 5.41) is 4.84. The number of fused-ring (bicyclic) bond motifs is 1. The van der Waals surface area contributed by atoms with Crippen molar-refractivity contribution in [3.8, 4) is 29.2 Å². The number of carbonyl (C=O) groups excluding carboxylic acids is 1. The average Bonchev–Trinajstić information content (AvgIpc) is 3.10. The minimum absolute atomic E-state index is 0.0686. The molecule has 1 aliphatic heterocycles. The summed E-state index contributed by atoms with van der Waals surface area (Å²) in [5.74, 6) is 2.68. The van der Waals surface area contributed by atoms with Gasteiger partial charge in [-0.2, -0.15) is 0 Å². The average molecular weight is 377 g/mol. The van der Waals surface area contributed by atoms with E-state index < -0.39 is 0 Å². The Hall–Kier alpha value is -3.10. The number of rotatable bonds is 4. The van der Waals surface area contributed by atoms with Crippen LogP contribution in [0.5, 0.6) is 5.75 Å². The van der Waals surface area contributed by atoms with E-state index >= 15 is 0 Å². The second-order valence-electron chi connectivity index (χ2n) is 6.24. The number of nitrogens with one attached hydrogen (secondary N) is 1. The Morgan fingerprint density at radius 1 is 1.19 bits per heavy atom. The molecule has 1 atom stereocenters. The largest absolute Gasteiger partial charge is 0.481 e. The molecule has 2 heterocycles. The Morgan fingerprint density at radius 2 is 1.96 bits per heavy atom. The SMILES string of the molecule is C#CCOc1ccc([C@H]2CC(=O)Nc3c(-c4ccccc4F)csc32)cc1. The number of carbonyl (C=O) groups is 1. The van der Waals surface area contributed by atoms with Crippen molar-refractivity contribution in [3.63, 3.8) is 0 Å². The van der Waals surface area contributed by atoms with Gasteiger partial charge in [0, 0.05) is 33.7 Å². The van der Waals surface area contributed by atoms with Crippen molar-refractivity contribution in [1.29, 1.82) is 0 Å². The molecule has 0 saturated heterocycles.